The molecule has 1 atom stereocenters. The first-order valence-electron chi connectivity index (χ1n) is 6.28. The van der Waals surface area contributed by atoms with Gasteiger partial charge in [0.15, 0.2) is 0 Å². The van der Waals surface area contributed by atoms with Crippen LogP contribution in [-0.2, 0) is 4.79 Å². The Morgan fingerprint density at radius 2 is 2.44 bits per heavy atom. The summed E-state index contributed by atoms with van der Waals surface area (Å²) in [5, 5.41) is 2.85. The van der Waals surface area contributed by atoms with E-state index in [9.17, 15) is 4.79 Å². The van der Waals surface area contributed by atoms with Crippen LogP contribution in [-0.4, -0.2) is 35.4 Å². The highest BCUT2D eigenvalue weighted by Gasteiger charge is 2.23. The maximum atomic E-state index is 11.9. The first-order chi connectivity index (χ1) is 8.56. The number of hydrogen-bond acceptors (Lipinski definition) is 4. The molecule has 1 unspecified atom stereocenters. The smallest absolute Gasteiger partial charge is 0.225 e. The summed E-state index contributed by atoms with van der Waals surface area (Å²) < 4.78 is 0. The predicted molar refractivity (Wildman–Crippen MR) is 72.3 cm³/mol. The number of aryl methyl sites for hydroxylation is 1. The molecule has 98 valence electrons. The van der Waals surface area contributed by atoms with Gasteiger partial charge in [-0.15, -0.1) is 0 Å². The van der Waals surface area contributed by atoms with E-state index in [0.717, 1.165) is 18.7 Å². The minimum absolute atomic E-state index is 0.0267. The van der Waals surface area contributed by atoms with E-state index < -0.39 is 0 Å². The molecule has 5 heteroatoms. The summed E-state index contributed by atoms with van der Waals surface area (Å²) in [6, 6.07) is 2.11. The number of carbonyl (C=O) groups excluding carboxylic acids is 1. The molecule has 1 aromatic heterocycles. The number of nitrogen functional groups attached to an aromatic ring is 1. The van der Waals surface area contributed by atoms with Crippen LogP contribution in [0.2, 0.25) is 0 Å². The summed E-state index contributed by atoms with van der Waals surface area (Å²) in [6.07, 6.45) is 4.44. The number of anilines is 2. The molecule has 1 aliphatic rings. The fourth-order valence-electron chi connectivity index (χ4n) is 2.28. The third kappa shape index (κ3) is 2.98. The second-order valence-electron chi connectivity index (χ2n) is 4.93. The highest BCUT2D eigenvalue weighted by Crippen LogP contribution is 2.19. The van der Waals surface area contributed by atoms with Gasteiger partial charge in [-0.3, -0.25) is 9.78 Å². The van der Waals surface area contributed by atoms with Crippen LogP contribution >= 0.6 is 0 Å². The average Bonchev–Trinajstić information content (AvgIpc) is 2.70. The number of pyridine rings is 1. The van der Waals surface area contributed by atoms with Crippen molar-refractivity contribution in [1.29, 1.82) is 0 Å². The van der Waals surface area contributed by atoms with Crippen molar-refractivity contribution in [2.45, 2.75) is 32.2 Å². The molecular formula is C13H20N4O. The van der Waals surface area contributed by atoms with Crippen LogP contribution in [0.1, 0.15) is 25.0 Å². The standard InChI is InChI=1S/C13H20N4O/c1-9-12(14)6-10(8-15-9)16-13(18)7-11-4-3-5-17(11)2/h6,8,11H,3-5,7,14H2,1-2H3,(H,16,18). The third-order valence-corrected chi connectivity index (χ3v) is 3.50. The number of hydrogen-bond donors (Lipinski definition) is 2. The second kappa shape index (κ2) is 5.35. The Bertz CT molecular complexity index is 447. The predicted octanol–water partition coefficient (Wildman–Crippen LogP) is 1.40. The van der Waals surface area contributed by atoms with Gasteiger partial charge in [-0.2, -0.15) is 0 Å². The molecule has 18 heavy (non-hydrogen) atoms. The summed E-state index contributed by atoms with van der Waals surface area (Å²) in [5.41, 5.74) is 7.81. The number of nitrogens with zero attached hydrogens (tertiary/aromatic N) is 2. The van der Waals surface area contributed by atoms with E-state index in [1.807, 2.05) is 6.92 Å². The summed E-state index contributed by atoms with van der Waals surface area (Å²) in [4.78, 5) is 18.3. The monoisotopic (exact) mass is 248 g/mol. The Balaban J connectivity index is 1.92. The Morgan fingerprint density at radius 1 is 1.67 bits per heavy atom. The van der Waals surface area contributed by atoms with Crippen LogP contribution in [0.15, 0.2) is 12.3 Å². The molecule has 1 aromatic rings. The van der Waals surface area contributed by atoms with Crippen LogP contribution in [0.4, 0.5) is 11.4 Å². The normalized spacial score (nSPS) is 20.0. The SMILES string of the molecule is Cc1ncc(NC(=O)CC2CCCN2C)cc1N. The van der Waals surface area contributed by atoms with Gasteiger partial charge in [-0.25, -0.2) is 0 Å². The summed E-state index contributed by atoms with van der Waals surface area (Å²) in [6.45, 7) is 2.92. The minimum atomic E-state index is 0.0267. The van der Waals surface area contributed by atoms with Crippen LogP contribution in [0.25, 0.3) is 0 Å². The zero-order valence-corrected chi connectivity index (χ0v) is 10.9. The van der Waals surface area contributed by atoms with E-state index in [-0.39, 0.29) is 5.91 Å². The molecule has 1 fully saturated rings. The molecule has 1 saturated heterocycles. The van der Waals surface area contributed by atoms with E-state index in [2.05, 4.69) is 22.2 Å². The molecule has 2 rings (SSSR count). The number of rotatable bonds is 3. The molecule has 2 heterocycles. The van der Waals surface area contributed by atoms with Gasteiger partial charge in [-0.1, -0.05) is 0 Å². The van der Waals surface area contributed by atoms with Crippen LogP contribution < -0.4 is 11.1 Å². The molecule has 5 nitrogen and oxygen atoms in total. The molecule has 0 spiro atoms. The van der Waals surface area contributed by atoms with Gasteiger partial charge in [-0.05, 0) is 39.4 Å². The van der Waals surface area contributed by atoms with Crippen molar-refractivity contribution in [1.82, 2.24) is 9.88 Å². The maximum Gasteiger partial charge on any atom is 0.225 e. The lowest BCUT2D eigenvalue weighted by atomic mass is 10.1. The minimum Gasteiger partial charge on any atom is -0.397 e. The largest absolute Gasteiger partial charge is 0.397 e. The van der Waals surface area contributed by atoms with Crippen molar-refractivity contribution < 1.29 is 4.79 Å². The van der Waals surface area contributed by atoms with Crippen LogP contribution in [0, 0.1) is 6.92 Å². The summed E-state index contributed by atoms with van der Waals surface area (Å²) >= 11 is 0. The highest BCUT2D eigenvalue weighted by molar-refractivity contribution is 5.91. The molecule has 0 aromatic carbocycles. The topological polar surface area (TPSA) is 71.2 Å². The lowest BCUT2D eigenvalue weighted by Crippen LogP contribution is -2.29. The molecule has 1 aliphatic heterocycles. The molecular weight excluding hydrogens is 228 g/mol. The Kier molecular flexibility index (Phi) is 3.81. The average molecular weight is 248 g/mol. The van der Waals surface area contributed by atoms with Crippen molar-refractivity contribution in [3.63, 3.8) is 0 Å². The van der Waals surface area contributed by atoms with Gasteiger partial charge >= 0.3 is 0 Å². The van der Waals surface area contributed by atoms with E-state index in [4.69, 9.17) is 5.73 Å². The van der Waals surface area contributed by atoms with E-state index >= 15 is 0 Å². The highest BCUT2D eigenvalue weighted by atomic mass is 16.1. The van der Waals surface area contributed by atoms with Crippen molar-refractivity contribution in [2.75, 3.05) is 24.6 Å². The Labute approximate surface area is 107 Å². The van der Waals surface area contributed by atoms with Gasteiger partial charge in [0.2, 0.25) is 5.91 Å². The fourth-order valence-corrected chi connectivity index (χ4v) is 2.28. The van der Waals surface area contributed by atoms with E-state index in [1.165, 1.54) is 6.42 Å². The zero-order chi connectivity index (χ0) is 13.1. The quantitative estimate of drug-likeness (QED) is 0.848. The molecule has 0 radical (unpaired) electrons. The van der Waals surface area contributed by atoms with Crippen molar-refractivity contribution >= 4 is 17.3 Å². The summed E-state index contributed by atoms with van der Waals surface area (Å²) in [5.74, 6) is 0.0267. The first kappa shape index (κ1) is 12.8. The lowest BCUT2D eigenvalue weighted by molar-refractivity contribution is -0.117. The number of nitrogens with one attached hydrogen (secondary N) is 1. The van der Waals surface area contributed by atoms with Gasteiger partial charge in [0.05, 0.1) is 23.3 Å². The number of likely N-dealkylation sites (tertiary alicyclic amines) is 1. The van der Waals surface area contributed by atoms with Crippen molar-refractivity contribution in [2.24, 2.45) is 0 Å². The zero-order valence-electron chi connectivity index (χ0n) is 10.9. The van der Waals surface area contributed by atoms with Gasteiger partial charge < -0.3 is 16.0 Å². The number of amides is 1. The lowest BCUT2D eigenvalue weighted by Gasteiger charge is -2.18. The van der Waals surface area contributed by atoms with E-state index in [0.29, 0.717) is 23.8 Å². The fraction of sp³-hybridized carbons (Fsp3) is 0.538. The molecule has 3 N–H and O–H groups in total. The van der Waals surface area contributed by atoms with Crippen LogP contribution in [0.5, 0.6) is 0 Å². The number of aromatic nitrogens is 1. The Hall–Kier alpha value is -1.62. The van der Waals surface area contributed by atoms with Gasteiger partial charge in [0.1, 0.15) is 0 Å². The molecule has 0 aliphatic carbocycles. The summed E-state index contributed by atoms with van der Waals surface area (Å²) in [7, 11) is 2.07. The first-order valence-corrected chi connectivity index (χ1v) is 6.28. The molecule has 1 amide bonds. The number of carbonyl (C=O) groups is 1. The molecule has 0 saturated carbocycles. The Morgan fingerprint density at radius 3 is 3.06 bits per heavy atom. The second-order valence-corrected chi connectivity index (χ2v) is 4.93. The van der Waals surface area contributed by atoms with E-state index in [1.54, 1.807) is 12.3 Å². The number of nitrogens with two attached hydrogens (primary N) is 1. The van der Waals surface area contributed by atoms with Crippen molar-refractivity contribution in [3.05, 3.63) is 18.0 Å². The van der Waals surface area contributed by atoms with Gasteiger partial charge in [0.25, 0.3) is 0 Å². The maximum absolute atomic E-state index is 11.9. The van der Waals surface area contributed by atoms with Gasteiger partial charge in [0, 0.05) is 12.5 Å². The molecule has 0 bridgehead atoms. The third-order valence-electron chi connectivity index (χ3n) is 3.50. The van der Waals surface area contributed by atoms with Crippen molar-refractivity contribution in [3.8, 4) is 0 Å². The van der Waals surface area contributed by atoms with Crippen LogP contribution in [0.3, 0.4) is 0 Å².